The van der Waals surface area contributed by atoms with E-state index in [-0.39, 0.29) is 11.8 Å². The topological polar surface area (TPSA) is 51.1 Å². The van der Waals surface area contributed by atoms with Crippen molar-refractivity contribution < 1.29 is 14.3 Å². The van der Waals surface area contributed by atoms with Gasteiger partial charge in [0.05, 0.1) is 7.11 Å². The van der Waals surface area contributed by atoms with E-state index < -0.39 is 5.72 Å². The van der Waals surface area contributed by atoms with Gasteiger partial charge in [-0.05, 0) is 12.1 Å². The lowest BCUT2D eigenvalue weighted by Gasteiger charge is -2.38. The zero-order chi connectivity index (χ0) is 17.2. The molecule has 5 heteroatoms. The molecule has 1 amide bonds. The summed E-state index contributed by atoms with van der Waals surface area (Å²) in [6.45, 7) is 3.96. The first-order valence-corrected chi connectivity index (χ1v) is 7.47. The number of amides is 1. The highest BCUT2D eigenvalue weighted by atomic mass is 16.5. The Morgan fingerprint density at radius 3 is 2.12 bits per heavy atom. The standard InChI is InChI=1S/C19H18N2O3/c1-14-17(23-2)20-19(24-3,15-10-6-4-7-11-15)18(22)21(14)16-12-8-5-9-13-16/h4-13H,1H2,2-3H3. The molecule has 3 rings (SSSR count). The molecule has 0 aliphatic carbocycles. The van der Waals surface area contributed by atoms with Crippen LogP contribution in [-0.4, -0.2) is 26.0 Å². The maximum absolute atomic E-state index is 13.3. The van der Waals surface area contributed by atoms with Crippen molar-refractivity contribution in [2.24, 2.45) is 4.99 Å². The predicted octanol–water partition coefficient (Wildman–Crippen LogP) is 3.09. The molecule has 0 saturated carbocycles. The molecule has 0 saturated heterocycles. The SMILES string of the molecule is C=C1C(OC)=NC(OC)(c2ccccc2)C(=O)N1c1ccccc1. The van der Waals surface area contributed by atoms with Crippen molar-refractivity contribution in [2.75, 3.05) is 19.1 Å². The molecular formula is C19H18N2O3. The Labute approximate surface area is 140 Å². The molecule has 0 N–H and O–H groups in total. The Bertz CT molecular complexity index is 787. The van der Waals surface area contributed by atoms with Crippen LogP contribution in [0.5, 0.6) is 0 Å². The van der Waals surface area contributed by atoms with Crippen molar-refractivity contribution in [2.45, 2.75) is 5.72 Å². The van der Waals surface area contributed by atoms with E-state index in [0.717, 1.165) is 0 Å². The van der Waals surface area contributed by atoms with Crippen LogP contribution in [0.15, 0.2) is 77.9 Å². The minimum Gasteiger partial charge on any atom is -0.480 e. The molecule has 0 aromatic heterocycles. The minimum absolute atomic E-state index is 0.254. The number of rotatable bonds is 3. The Kier molecular flexibility index (Phi) is 4.18. The Morgan fingerprint density at radius 2 is 1.58 bits per heavy atom. The number of aliphatic imine (C=N–C) groups is 1. The number of carbonyl (C=O) groups excluding carboxylic acids is 1. The summed E-state index contributed by atoms with van der Waals surface area (Å²) in [5.74, 6) is -0.0858. The van der Waals surface area contributed by atoms with Gasteiger partial charge >= 0.3 is 0 Å². The zero-order valence-corrected chi connectivity index (χ0v) is 13.6. The van der Waals surface area contributed by atoms with Gasteiger partial charge in [0.2, 0.25) is 5.90 Å². The second-order valence-corrected chi connectivity index (χ2v) is 5.26. The highest BCUT2D eigenvalue weighted by molar-refractivity contribution is 6.15. The largest absolute Gasteiger partial charge is 0.480 e. The lowest BCUT2D eigenvalue weighted by Crippen LogP contribution is -2.52. The average Bonchev–Trinajstić information content (AvgIpc) is 2.64. The third-order valence-electron chi connectivity index (χ3n) is 3.94. The quantitative estimate of drug-likeness (QED) is 0.872. The predicted molar refractivity (Wildman–Crippen MR) is 92.6 cm³/mol. The highest BCUT2D eigenvalue weighted by Crippen LogP contribution is 2.37. The molecule has 2 aromatic rings. The van der Waals surface area contributed by atoms with Crippen molar-refractivity contribution in [3.8, 4) is 0 Å². The number of para-hydroxylation sites is 1. The molecule has 0 radical (unpaired) electrons. The average molecular weight is 322 g/mol. The second kappa shape index (κ2) is 6.29. The van der Waals surface area contributed by atoms with Gasteiger partial charge in [0.25, 0.3) is 11.6 Å². The van der Waals surface area contributed by atoms with Crippen LogP contribution < -0.4 is 4.90 Å². The third-order valence-corrected chi connectivity index (χ3v) is 3.94. The van der Waals surface area contributed by atoms with Crippen molar-refractivity contribution in [1.82, 2.24) is 0 Å². The third kappa shape index (κ3) is 2.39. The van der Waals surface area contributed by atoms with Crippen LogP contribution >= 0.6 is 0 Å². The summed E-state index contributed by atoms with van der Waals surface area (Å²) in [5.41, 5.74) is 0.163. The van der Waals surface area contributed by atoms with Gasteiger partial charge < -0.3 is 9.47 Å². The van der Waals surface area contributed by atoms with E-state index in [0.29, 0.717) is 16.9 Å². The maximum Gasteiger partial charge on any atom is 0.292 e. The Morgan fingerprint density at radius 1 is 1.00 bits per heavy atom. The summed E-state index contributed by atoms with van der Waals surface area (Å²) in [6.07, 6.45) is 0. The van der Waals surface area contributed by atoms with Gasteiger partial charge in [-0.25, -0.2) is 4.99 Å². The summed E-state index contributed by atoms with van der Waals surface area (Å²) in [7, 11) is 2.95. The van der Waals surface area contributed by atoms with Crippen LogP contribution in [0.25, 0.3) is 0 Å². The van der Waals surface area contributed by atoms with E-state index in [1.54, 1.807) is 12.1 Å². The van der Waals surface area contributed by atoms with Crippen LogP contribution in [0, 0.1) is 0 Å². The lowest BCUT2D eigenvalue weighted by atomic mass is 9.98. The van der Waals surface area contributed by atoms with Crippen molar-refractivity contribution >= 4 is 17.5 Å². The number of benzene rings is 2. The number of carbonyl (C=O) groups is 1. The van der Waals surface area contributed by atoms with E-state index in [2.05, 4.69) is 11.6 Å². The van der Waals surface area contributed by atoms with Gasteiger partial charge in [-0.3, -0.25) is 9.69 Å². The lowest BCUT2D eigenvalue weighted by molar-refractivity contribution is -0.141. The van der Waals surface area contributed by atoms with E-state index in [1.165, 1.54) is 19.1 Å². The molecule has 0 fully saturated rings. The normalized spacial score (nSPS) is 20.8. The molecule has 24 heavy (non-hydrogen) atoms. The molecular weight excluding hydrogens is 304 g/mol. The van der Waals surface area contributed by atoms with E-state index in [9.17, 15) is 4.79 Å². The van der Waals surface area contributed by atoms with Gasteiger partial charge in [-0.1, -0.05) is 55.1 Å². The van der Waals surface area contributed by atoms with Crippen LogP contribution in [-0.2, 0) is 20.0 Å². The molecule has 1 atom stereocenters. The molecule has 1 unspecified atom stereocenters. The fourth-order valence-electron chi connectivity index (χ4n) is 2.74. The first-order valence-electron chi connectivity index (χ1n) is 7.47. The fraction of sp³-hybridized carbons (Fsp3) is 0.158. The fourth-order valence-corrected chi connectivity index (χ4v) is 2.74. The van der Waals surface area contributed by atoms with Gasteiger partial charge in [-0.15, -0.1) is 0 Å². The maximum atomic E-state index is 13.3. The van der Waals surface area contributed by atoms with Gasteiger partial charge in [0.15, 0.2) is 0 Å². The van der Waals surface area contributed by atoms with Crippen LogP contribution in [0.4, 0.5) is 5.69 Å². The number of hydrogen-bond acceptors (Lipinski definition) is 4. The molecule has 1 aliphatic heterocycles. The van der Waals surface area contributed by atoms with E-state index >= 15 is 0 Å². The van der Waals surface area contributed by atoms with E-state index in [1.807, 2.05) is 48.5 Å². The van der Waals surface area contributed by atoms with Gasteiger partial charge in [0, 0.05) is 18.4 Å². The molecule has 5 nitrogen and oxygen atoms in total. The summed E-state index contributed by atoms with van der Waals surface area (Å²) in [4.78, 5) is 19.2. The van der Waals surface area contributed by atoms with Crippen LogP contribution in [0.1, 0.15) is 5.56 Å². The van der Waals surface area contributed by atoms with E-state index in [4.69, 9.17) is 9.47 Å². The molecule has 0 bridgehead atoms. The molecule has 0 spiro atoms. The summed E-state index contributed by atoms with van der Waals surface area (Å²) in [6, 6.07) is 18.4. The summed E-state index contributed by atoms with van der Waals surface area (Å²) in [5, 5.41) is 0. The highest BCUT2D eigenvalue weighted by Gasteiger charge is 2.49. The smallest absolute Gasteiger partial charge is 0.292 e. The van der Waals surface area contributed by atoms with Crippen molar-refractivity contribution in [3.05, 3.63) is 78.5 Å². The van der Waals surface area contributed by atoms with Crippen molar-refractivity contribution in [3.63, 3.8) is 0 Å². The number of nitrogens with zero attached hydrogens (tertiary/aromatic N) is 2. The molecule has 1 heterocycles. The number of ether oxygens (including phenoxy) is 2. The minimum atomic E-state index is -1.51. The van der Waals surface area contributed by atoms with Gasteiger partial charge in [-0.2, -0.15) is 0 Å². The summed E-state index contributed by atoms with van der Waals surface area (Å²) >= 11 is 0. The first kappa shape index (κ1) is 16.0. The summed E-state index contributed by atoms with van der Waals surface area (Å²) < 4.78 is 11.0. The Hall–Kier alpha value is -2.92. The number of anilines is 1. The molecule has 122 valence electrons. The number of methoxy groups -OCH3 is 2. The molecule has 2 aromatic carbocycles. The first-order chi connectivity index (χ1) is 11.6. The Balaban J connectivity index is 2.21. The van der Waals surface area contributed by atoms with Crippen LogP contribution in [0.2, 0.25) is 0 Å². The zero-order valence-electron chi connectivity index (χ0n) is 13.6. The monoisotopic (exact) mass is 322 g/mol. The molecule has 1 aliphatic rings. The van der Waals surface area contributed by atoms with Crippen LogP contribution in [0.3, 0.4) is 0 Å². The van der Waals surface area contributed by atoms with Crippen molar-refractivity contribution in [1.29, 1.82) is 0 Å². The second-order valence-electron chi connectivity index (χ2n) is 5.26. The number of hydrogen-bond donors (Lipinski definition) is 0. The van der Waals surface area contributed by atoms with Gasteiger partial charge in [0.1, 0.15) is 5.70 Å².